The first-order chi connectivity index (χ1) is 9.29. The Labute approximate surface area is 121 Å². The van der Waals surface area contributed by atoms with E-state index in [0.29, 0.717) is 11.8 Å². The summed E-state index contributed by atoms with van der Waals surface area (Å²) in [4.78, 5) is 11.6. The van der Waals surface area contributed by atoms with Crippen molar-refractivity contribution in [2.24, 2.45) is 0 Å². The van der Waals surface area contributed by atoms with Gasteiger partial charge in [-0.3, -0.25) is 4.79 Å². The molecule has 2 rings (SSSR count). The van der Waals surface area contributed by atoms with Crippen LogP contribution >= 0.6 is 15.9 Å². The summed E-state index contributed by atoms with van der Waals surface area (Å²) in [6, 6.07) is 17.5. The van der Waals surface area contributed by atoms with Crippen molar-refractivity contribution in [2.45, 2.75) is 6.42 Å². The molecule has 4 heteroatoms. The molecule has 0 aromatic heterocycles. The number of para-hydroxylation sites is 3. The van der Waals surface area contributed by atoms with Crippen LogP contribution in [0.25, 0.3) is 0 Å². The van der Waals surface area contributed by atoms with E-state index in [9.17, 15) is 4.79 Å². The van der Waals surface area contributed by atoms with Crippen LogP contribution in [0.4, 0.5) is 17.1 Å². The third-order valence-corrected chi connectivity index (χ3v) is 2.97. The lowest BCUT2D eigenvalue weighted by molar-refractivity contribution is -0.115. The fourth-order valence-electron chi connectivity index (χ4n) is 1.68. The van der Waals surface area contributed by atoms with Gasteiger partial charge in [-0.05, 0) is 24.3 Å². The van der Waals surface area contributed by atoms with Crippen molar-refractivity contribution in [2.75, 3.05) is 16.0 Å². The first kappa shape index (κ1) is 13.6. The molecule has 0 bridgehead atoms. The summed E-state index contributed by atoms with van der Waals surface area (Å²) in [5, 5.41) is 6.85. The van der Waals surface area contributed by atoms with Crippen LogP contribution in [-0.4, -0.2) is 11.2 Å². The number of anilines is 3. The molecule has 0 heterocycles. The van der Waals surface area contributed by atoms with E-state index >= 15 is 0 Å². The van der Waals surface area contributed by atoms with E-state index in [0.717, 1.165) is 17.1 Å². The highest BCUT2D eigenvalue weighted by atomic mass is 79.9. The third kappa shape index (κ3) is 4.10. The first-order valence-corrected chi connectivity index (χ1v) is 7.18. The number of rotatable bonds is 5. The maximum absolute atomic E-state index is 11.6. The number of nitrogens with one attached hydrogen (secondary N) is 2. The number of halogens is 1. The number of hydrogen-bond donors (Lipinski definition) is 2. The summed E-state index contributed by atoms with van der Waals surface area (Å²) < 4.78 is 0. The van der Waals surface area contributed by atoms with Gasteiger partial charge >= 0.3 is 0 Å². The predicted octanol–water partition coefficient (Wildman–Crippen LogP) is 4.15. The molecule has 0 aliphatic carbocycles. The van der Waals surface area contributed by atoms with Gasteiger partial charge in [0.2, 0.25) is 5.91 Å². The molecule has 0 unspecified atom stereocenters. The van der Waals surface area contributed by atoms with Gasteiger partial charge in [0.15, 0.2) is 0 Å². The molecule has 0 radical (unpaired) electrons. The molecule has 0 saturated heterocycles. The van der Waals surface area contributed by atoms with E-state index < -0.39 is 0 Å². The fraction of sp³-hybridized carbons (Fsp3) is 0.133. The fourth-order valence-corrected chi connectivity index (χ4v) is 2.04. The minimum absolute atomic E-state index is 0.000753. The van der Waals surface area contributed by atoms with Crippen molar-refractivity contribution < 1.29 is 4.79 Å². The SMILES string of the molecule is O=C(CCBr)Nc1ccccc1Nc1ccccc1. The third-order valence-electron chi connectivity index (χ3n) is 2.58. The number of benzene rings is 2. The number of hydrogen-bond acceptors (Lipinski definition) is 2. The molecular formula is C15H15BrN2O. The monoisotopic (exact) mass is 318 g/mol. The largest absolute Gasteiger partial charge is 0.354 e. The molecule has 19 heavy (non-hydrogen) atoms. The van der Waals surface area contributed by atoms with Gasteiger partial charge in [0.05, 0.1) is 11.4 Å². The maximum atomic E-state index is 11.6. The summed E-state index contributed by atoms with van der Waals surface area (Å²) in [5.74, 6) is -0.000753. The van der Waals surface area contributed by atoms with Crippen molar-refractivity contribution in [1.29, 1.82) is 0 Å². The molecule has 0 aliphatic heterocycles. The highest BCUT2D eigenvalue weighted by molar-refractivity contribution is 9.09. The van der Waals surface area contributed by atoms with Gasteiger partial charge in [-0.1, -0.05) is 46.3 Å². The molecule has 98 valence electrons. The highest BCUT2D eigenvalue weighted by Gasteiger charge is 2.05. The standard InChI is InChI=1S/C15H15BrN2O/c16-11-10-15(19)18-14-9-5-4-8-13(14)17-12-6-2-1-3-7-12/h1-9,17H,10-11H2,(H,18,19). The molecule has 0 saturated carbocycles. The van der Waals surface area contributed by atoms with Crippen LogP contribution in [-0.2, 0) is 4.79 Å². The van der Waals surface area contributed by atoms with Crippen molar-refractivity contribution in [1.82, 2.24) is 0 Å². The quantitative estimate of drug-likeness (QED) is 0.813. The van der Waals surface area contributed by atoms with Crippen LogP contribution < -0.4 is 10.6 Å². The summed E-state index contributed by atoms with van der Waals surface area (Å²) in [6.07, 6.45) is 0.458. The zero-order valence-corrected chi connectivity index (χ0v) is 12.0. The van der Waals surface area contributed by atoms with E-state index in [1.54, 1.807) is 0 Å². The Bertz CT molecular complexity index is 543. The summed E-state index contributed by atoms with van der Waals surface area (Å²) in [7, 11) is 0. The minimum atomic E-state index is -0.000753. The van der Waals surface area contributed by atoms with Crippen LogP contribution in [0.15, 0.2) is 54.6 Å². The van der Waals surface area contributed by atoms with Gasteiger partial charge in [0.1, 0.15) is 0 Å². The number of alkyl halides is 1. The summed E-state index contributed by atoms with van der Waals surface area (Å²) in [5.41, 5.74) is 2.67. The Morgan fingerprint density at radius 3 is 2.26 bits per heavy atom. The molecule has 2 aromatic carbocycles. The second-order valence-corrected chi connectivity index (χ2v) is 4.82. The van der Waals surface area contributed by atoms with Crippen molar-refractivity contribution in [3.63, 3.8) is 0 Å². The van der Waals surface area contributed by atoms with E-state index in [2.05, 4.69) is 26.6 Å². The maximum Gasteiger partial charge on any atom is 0.225 e. The topological polar surface area (TPSA) is 41.1 Å². The summed E-state index contributed by atoms with van der Waals surface area (Å²) >= 11 is 3.26. The highest BCUT2D eigenvalue weighted by Crippen LogP contribution is 2.25. The molecule has 2 aromatic rings. The molecule has 0 atom stereocenters. The number of carbonyl (C=O) groups is 1. The zero-order chi connectivity index (χ0) is 13.5. The van der Waals surface area contributed by atoms with Gasteiger partial charge < -0.3 is 10.6 Å². The van der Waals surface area contributed by atoms with E-state index in [1.165, 1.54) is 0 Å². The van der Waals surface area contributed by atoms with Crippen LogP contribution in [0, 0.1) is 0 Å². The van der Waals surface area contributed by atoms with Crippen molar-refractivity contribution >= 4 is 38.9 Å². The lowest BCUT2D eigenvalue weighted by Gasteiger charge is -2.12. The Kier molecular flexibility index (Phi) is 4.98. The van der Waals surface area contributed by atoms with Gasteiger partial charge in [-0.2, -0.15) is 0 Å². The molecule has 0 spiro atoms. The average molecular weight is 319 g/mol. The Balaban J connectivity index is 2.14. The van der Waals surface area contributed by atoms with Crippen LogP contribution in [0.5, 0.6) is 0 Å². The lowest BCUT2D eigenvalue weighted by atomic mass is 10.2. The van der Waals surface area contributed by atoms with Gasteiger partial charge in [-0.15, -0.1) is 0 Å². The Hall–Kier alpha value is -1.81. The Morgan fingerprint density at radius 2 is 1.58 bits per heavy atom. The smallest absolute Gasteiger partial charge is 0.225 e. The lowest BCUT2D eigenvalue weighted by Crippen LogP contribution is -2.12. The van der Waals surface area contributed by atoms with E-state index in [1.807, 2.05) is 54.6 Å². The van der Waals surface area contributed by atoms with Gasteiger partial charge in [0, 0.05) is 17.4 Å². The minimum Gasteiger partial charge on any atom is -0.354 e. The number of amides is 1. The molecule has 3 nitrogen and oxygen atoms in total. The second kappa shape index (κ2) is 6.95. The van der Waals surface area contributed by atoms with Crippen LogP contribution in [0.1, 0.15) is 6.42 Å². The summed E-state index contributed by atoms with van der Waals surface area (Å²) in [6.45, 7) is 0. The molecule has 2 N–H and O–H groups in total. The molecule has 1 amide bonds. The molecule has 0 fully saturated rings. The van der Waals surface area contributed by atoms with Crippen LogP contribution in [0.2, 0.25) is 0 Å². The van der Waals surface area contributed by atoms with Crippen molar-refractivity contribution in [3.8, 4) is 0 Å². The normalized spacial score (nSPS) is 9.95. The van der Waals surface area contributed by atoms with E-state index in [-0.39, 0.29) is 5.91 Å². The molecule has 0 aliphatic rings. The van der Waals surface area contributed by atoms with E-state index in [4.69, 9.17) is 0 Å². The second-order valence-electron chi connectivity index (χ2n) is 4.02. The number of carbonyl (C=O) groups excluding carboxylic acids is 1. The van der Waals surface area contributed by atoms with Crippen molar-refractivity contribution in [3.05, 3.63) is 54.6 Å². The molecular weight excluding hydrogens is 304 g/mol. The van der Waals surface area contributed by atoms with Crippen LogP contribution in [0.3, 0.4) is 0 Å². The Morgan fingerprint density at radius 1 is 0.947 bits per heavy atom. The van der Waals surface area contributed by atoms with Gasteiger partial charge in [-0.25, -0.2) is 0 Å². The predicted molar refractivity (Wildman–Crippen MR) is 83.2 cm³/mol. The first-order valence-electron chi connectivity index (χ1n) is 6.06. The zero-order valence-electron chi connectivity index (χ0n) is 10.4. The van der Waals surface area contributed by atoms with Gasteiger partial charge in [0.25, 0.3) is 0 Å². The average Bonchev–Trinajstić information content (AvgIpc) is 2.42.